The molecule has 0 bridgehead atoms. The van der Waals surface area contributed by atoms with E-state index < -0.39 is 6.04 Å². The molecule has 1 rings (SSSR count). The first kappa shape index (κ1) is 13.6. The first-order valence-electron chi connectivity index (χ1n) is 5.51. The lowest BCUT2D eigenvalue weighted by Gasteiger charge is -2.29. The second kappa shape index (κ2) is 4.83. The molecule has 6 nitrogen and oxygen atoms in total. The molecule has 1 aromatic rings. The Morgan fingerprint density at radius 2 is 2.12 bits per heavy atom. The maximum absolute atomic E-state index is 12.0. The van der Waals surface area contributed by atoms with Crippen molar-refractivity contribution >= 4 is 5.91 Å². The topological polar surface area (TPSA) is 85.2 Å². The molecule has 17 heavy (non-hydrogen) atoms. The van der Waals surface area contributed by atoms with Crippen molar-refractivity contribution in [2.45, 2.75) is 40.3 Å². The number of rotatable bonds is 3. The number of carbonyl (C=O) groups is 1. The number of hydrogen-bond acceptors (Lipinski definition) is 5. The van der Waals surface area contributed by atoms with Crippen LogP contribution in [0.1, 0.15) is 32.5 Å². The molecule has 0 saturated heterocycles. The van der Waals surface area contributed by atoms with Gasteiger partial charge in [0.05, 0.1) is 12.6 Å². The summed E-state index contributed by atoms with van der Waals surface area (Å²) in [5, 5.41) is 3.74. The minimum absolute atomic E-state index is 0.125. The van der Waals surface area contributed by atoms with E-state index in [4.69, 9.17) is 10.3 Å². The summed E-state index contributed by atoms with van der Waals surface area (Å²) in [6.45, 7) is 7.81. The van der Waals surface area contributed by atoms with E-state index in [-0.39, 0.29) is 11.3 Å². The summed E-state index contributed by atoms with van der Waals surface area (Å²) in [7, 11) is 1.68. The Morgan fingerprint density at radius 3 is 2.53 bits per heavy atom. The summed E-state index contributed by atoms with van der Waals surface area (Å²) in [4.78, 5) is 17.6. The van der Waals surface area contributed by atoms with Crippen molar-refractivity contribution in [1.82, 2.24) is 15.0 Å². The fourth-order valence-electron chi connectivity index (χ4n) is 1.30. The van der Waals surface area contributed by atoms with Crippen LogP contribution in [0.3, 0.4) is 0 Å². The molecule has 1 atom stereocenters. The van der Waals surface area contributed by atoms with Gasteiger partial charge in [-0.2, -0.15) is 4.98 Å². The number of aryl methyl sites for hydroxylation is 1. The fraction of sp³-hybridized carbons (Fsp3) is 0.727. The van der Waals surface area contributed by atoms with Crippen LogP contribution in [-0.4, -0.2) is 34.0 Å². The van der Waals surface area contributed by atoms with Crippen molar-refractivity contribution in [3.8, 4) is 0 Å². The van der Waals surface area contributed by atoms with Gasteiger partial charge in [0.25, 0.3) is 0 Å². The molecule has 0 aliphatic rings. The quantitative estimate of drug-likeness (QED) is 0.841. The number of nitrogens with two attached hydrogens (primary N) is 1. The number of amides is 1. The molecule has 0 spiro atoms. The summed E-state index contributed by atoms with van der Waals surface area (Å²) in [5.74, 6) is 0.848. The van der Waals surface area contributed by atoms with Gasteiger partial charge < -0.3 is 15.2 Å². The molecular formula is C11H20N4O2. The fourth-order valence-corrected chi connectivity index (χ4v) is 1.30. The molecular weight excluding hydrogens is 220 g/mol. The lowest BCUT2D eigenvalue weighted by atomic mass is 9.86. The third-order valence-electron chi connectivity index (χ3n) is 2.52. The highest BCUT2D eigenvalue weighted by molar-refractivity contribution is 5.82. The monoisotopic (exact) mass is 240 g/mol. The minimum Gasteiger partial charge on any atom is -0.340 e. The number of nitrogens with zero attached hydrogens (tertiary/aromatic N) is 3. The number of carbonyl (C=O) groups excluding carboxylic acids is 1. The number of aromatic nitrogens is 2. The van der Waals surface area contributed by atoms with Gasteiger partial charge in [-0.05, 0) is 5.41 Å². The molecule has 0 saturated carbocycles. The van der Waals surface area contributed by atoms with Gasteiger partial charge in [0.1, 0.15) is 0 Å². The minimum atomic E-state index is -0.541. The zero-order valence-electron chi connectivity index (χ0n) is 11.0. The van der Waals surface area contributed by atoms with E-state index in [1.54, 1.807) is 14.0 Å². The Balaban J connectivity index is 2.65. The Morgan fingerprint density at radius 1 is 1.53 bits per heavy atom. The van der Waals surface area contributed by atoms with Crippen molar-refractivity contribution in [3.63, 3.8) is 0 Å². The Hall–Kier alpha value is -1.43. The van der Waals surface area contributed by atoms with E-state index in [0.717, 1.165) is 0 Å². The summed E-state index contributed by atoms with van der Waals surface area (Å²) < 4.78 is 4.84. The van der Waals surface area contributed by atoms with E-state index in [0.29, 0.717) is 18.3 Å². The summed E-state index contributed by atoms with van der Waals surface area (Å²) in [6, 6.07) is -0.541. The molecule has 1 heterocycles. The molecule has 0 radical (unpaired) electrons. The largest absolute Gasteiger partial charge is 0.340 e. The van der Waals surface area contributed by atoms with Crippen LogP contribution in [0.2, 0.25) is 0 Å². The smallest absolute Gasteiger partial charge is 0.240 e. The van der Waals surface area contributed by atoms with Crippen molar-refractivity contribution in [1.29, 1.82) is 0 Å². The van der Waals surface area contributed by atoms with E-state index in [2.05, 4.69) is 10.1 Å². The van der Waals surface area contributed by atoms with Crippen LogP contribution in [0.15, 0.2) is 4.52 Å². The van der Waals surface area contributed by atoms with Crippen molar-refractivity contribution in [3.05, 3.63) is 11.7 Å². The first-order valence-corrected chi connectivity index (χ1v) is 5.51. The van der Waals surface area contributed by atoms with Crippen molar-refractivity contribution in [2.75, 3.05) is 7.05 Å². The van der Waals surface area contributed by atoms with Gasteiger partial charge in [-0.15, -0.1) is 0 Å². The Bertz CT molecular complexity index is 394. The predicted octanol–water partition coefficient (Wildman–Crippen LogP) is 0.710. The molecule has 1 aromatic heterocycles. The number of likely N-dealkylation sites (N-methyl/N-ethyl adjacent to an activating group) is 1. The second-order valence-electron chi connectivity index (χ2n) is 5.27. The van der Waals surface area contributed by atoms with E-state index in [9.17, 15) is 4.79 Å². The molecule has 0 unspecified atom stereocenters. The molecule has 0 aliphatic heterocycles. The van der Waals surface area contributed by atoms with Crippen LogP contribution in [0.4, 0.5) is 0 Å². The van der Waals surface area contributed by atoms with Crippen LogP contribution in [0, 0.1) is 12.3 Å². The SMILES string of the molecule is Cc1nc(CN(C)C(=O)[C@@H](N)C(C)(C)C)no1. The van der Waals surface area contributed by atoms with E-state index in [1.807, 2.05) is 20.8 Å². The zero-order chi connectivity index (χ0) is 13.2. The van der Waals surface area contributed by atoms with E-state index in [1.165, 1.54) is 4.90 Å². The van der Waals surface area contributed by atoms with Gasteiger partial charge in [0.15, 0.2) is 5.82 Å². The van der Waals surface area contributed by atoms with Crippen LogP contribution < -0.4 is 5.73 Å². The Kier molecular flexibility index (Phi) is 3.87. The zero-order valence-corrected chi connectivity index (χ0v) is 11.0. The van der Waals surface area contributed by atoms with Gasteiger partial charge in [-0.1, -0.05) is 25.9 Å². The predicted molar refractivity (Wildman–Crippen MR) is 62.9 cm³/mol. The third-order valence-corrected chi connectivity index (χ3v) is 2.52. The molecule has 0 fully saturated rings. The van der Waals surface area contributed by atoms with Gasteiger partial charge in [-0.25, -0.2) is 0 Å². The average molecular weight is 240 g/mol. The van der Waals surface area contributed by atoms with Crippen LogP contribution in [0.5, 0.6) is 0 Å². The maximum Gasteiger partial charge on any atom is 0.240 e. The molecule has 96 valence electrons. The third kappa shape index (κ3) is 3.52. The van der Waals surface area contributed by atoms with Gasteiger partial charge in [0.2, 0.25) is 11.8 Å². The highest BCUT2D eigenvalue weighted by Crippen LogP contribution is 2.19. The highest BCUT2D eigenvalue weighted by Gasteiger charge is 2.30. The van der Waals surface area contributed by atoms with Gasteiger partial charge in [-0.3, -0.25) is 4.79 Å². The van der Waals surface area contributed by atoms with Crippen LogP contribution in [-0.2, 0) is 11.3 Å². The molecule has 0 aliphatic carbocycles. The van der Waals surface area contributed by atoms with Crippen molar-refractivity contribution < 1.29 is 9.32 Å². The van der Waals surface area contributed by atoms with Gasteiger partial charge >= 0.3 is 0 Å². The van der Waals surface area contributed by atoms with Crippen LogP contribution in [0.25, 0.3) is 0 Å². The molecule has 2 N–H and O–H groups in total. The highest BCUT2D eigenvalue weighted by atomic mass is 16.5. The Labute approximate surface area is 101 Å². The first-order chi connectivity index (χ1) is 7.71. The maximum atomic E-state index is 12.0. The lowest BCUT2D eigenvalue weighted by Crippen LogP contribution is -2.49. The molecule has 1 amide bonds. The number of hydrogen-bond donors (Lipinski definition) is 1. The molecule has 6 heteroatoms. The van der Waals surface area contributed by atoms with Crippen LogP contribution >= 0.6 is 0 Å². The second-order valence-corrected chi connectivity index (χ2v) is 5.27. The van der Waals surface area contributed by atoms with Gasteiger partial charge in [0, 0.05) is 14.0 Å². The van der Waals surface area contributed by atoms with Crippen molar-refractivity contribution in [2.24, 2.45) is 11.1 Å². The molecule has 0 aromatic carbocycles. The summed E-state index contributed by atoms with van der Waals surface area (Å²) >= 11 is 0. The summed E-state index contributed by atoms with van der Waals surface area (Å²) in [5.41, 5.74) is 5.63. The lowest BCUT2D eigenvalue weighted by molar-refractivity contribution is -0.134. The summed E-state index contributed by atoms with van der Waals surface area (Å²) in [6.07, 6.45) is 0. The van der Waals surface area contributed by atoms with E-state index >= 15 is 0 Å². The average Bonchev–Trinajstić information content (AvgIpc) is 2.60. The standard InChI is InChI=1S/C11H20N4O2/c1-7-13-8(14-17-7)6-15(5)10(16)9(12)11(2,3)4/h9H,6,12H2,1-5H3/t9-/m1/s1. The normalized spacial score (nSPS) is 13.5.